The topological polar surface area (TPSA) is 47.8 Å². The SMILES string of the molecule is CCc1nc(Cn2cnc3ccsc3c2=O)cs1. The molecule has 0 fully saturated rings. The van der Waals surface area contributed by atoms with Crippen molar-refractivity contribution in [3.63, 3.8) is 0 Å². The maximum atomic E-state index is 12.2. The summed E-state index contributed by atoms with van der Waals surface area (Å²) in [6.45, 7) is 2.57. The van der Waals surface area contributed by atoms with Crippen LogP contribution < -0.4 is 5.56 Å². The summed E-state index contributed by atoms with van der Waals surface area (Å²) in [6, 6.07) is 1.86. The second-order valence-electron chi connectivity index (χ2n) is 3.90. The van der Waals surface area contributed by atoms with Crippen molar-refractivity contribution in [2.24, 2.45) is 0 Å². The molecule has 0 bridgehead atoms. The molecule has 92 valence electrons. The molecule has 0 atom stereocenters. The summed E-state index contributed by atoms with van der Waals surface area (Å²) in [4.78, 5) is 20.9. The van der Waals surface area contributed by atoms with Gasteiger partial charge in [0, 0.05) is 5.38 Å². The third-order valence-corrected chi connectivity index (χ3v) is 4.60. The van der Waals surface area contributed by atoms with E-state index in [1.165, 1.54) is 11.3 Å². The molecular weight excluding hydrogens is 266 g/mol. The highest BCUT2D eigenvalue weighted by molar-refractivity contribution is 7.17. The van der Waals surface area contributed by atoms with Gasteiger partial charge in [-0.2, -0.15) is 0 Å². The second kappa shape index (κ2) is 4.62. The van der Waals surface area contributed by atoms with E-state index in [-0.39, 0.29) is 5.56 Å². The van der Waals surface area contributed by atoms with Crippen molar-refractivity contribution in [1.82, 2.24) is 14.5 Å². The minimum atomic E-state index is 0.0149. The third-order valence-electron chi connectivity index (χ3n) is 2.67. The van der Waals surface area contributed by atoms with E-state index in [9.17, 15) is 4.79 Å². The highest BCUT2D eigenvalue weighted by atomic mass is 32.1. The van der Waals surface area contributed by atoms with Gasteiger partial charge in [-0.3, -0.25) is 9.36 Å². The molecule has 0 spiro atoms. The summed E-state index contributed by atoms with van der Waals surface area (Å²) in [5, 5.41) is 4.99. The second-order valence-corrected chi connectivity index (χ2v) is 5.76. The standard InChI is InChI=1S/C12H11N3OS2/c1-2-10-14-8(6-18-10)5-15-7-13-9-3-4-17-11(9)12(15)16/h3-4,6-7H,2,5H2,1H3. The molecule has 0 amide bonds. The van der Waals surface area contributed by atoms with Crippen molar-refractivity contribution in [1.29, 1.82) is 0 Å². The smallest absolute Gasteiger partial charge is 0.271 e. The predicted octanol–water partition coefficient (Wildman–Crippen LogP) is 2.53. The molecular formula is C12H11N3OS2. The number of fused-ring (bicyclic) bond motifs is 1. The number of nitrogens with zero attached hydrogens (tertiary/aromatic N) is 3. The maximum absolute atomic E-state index is 12.2. The summed E-state index contributed by atoms with van der Waals surface area (Å²) >= 11 is 3.07. The lowest BCUT2D eigenvalue weighted by molar-refractivity contribution is 0.732. The van der Waals surface area contributed by atoms with Crippen LogP contribution in [0.3, 0.4) is 0 Å². The predicted molar refractivity (Wildman–Crippen MR) is 74.5 cm³/mol. The number of hydrogen-bond donors (Lipinski definition) is 0. The molecule has 0 saturated carbocycles. The van der Waals surface area contributed by atoms with Gasteiger partial charge in [0.2, 0.25) is 0 Å². The van der Waals surface area contributed by atoms with Crippen LogP contribution in [0.2, 0.25) is 0 Å². The highest BCUT2D eigenvalue weighted by Crippen LogP contribution is 2.14. The van der Waals surface area contributed by atoms with Gasteiger partial charge in [0.15, 0.2) is 0 Å². The summed E-state index contributed by atoms with van der Waals surface area (Å²) in [5.74, 6) is 0. The molecule has 0 aromatic carbocycles. The monoisotopic (exact) mass is 277 g/mol. The molecule has 3 aromatic rings. The minimum absolute atomic E-state index is 0.0149. The number of thiazole rings is 1. The lowest BCUT2D eigenvalue weighted by Crippen LogP contribution is -2.20. The Hall–Kier alpha value is -1.53. The Labute approximate surface area is 112 Å². The van der Waals surface area contributed by atoms with Gasteiger partial charge in [0.25, 0.3) is 5.56 Å². The Kier molecular flexibility index (Phi) is 2.97. The van der Waals surface area contributed by atoms with Gasteiger partial charge < -0.3 is 0 Å². The summed E-state index contributed by atoms with van der Waals surface area (Å²) in [6.07, 6.45) is 2.53. The molecule has 0 aliphatic heterocycles. The number of rotatable bonds is 3. The summed E-state index contributed by atoms with van der Waals surface area (Å²) in [5.41, 5.74) is 1.71. The third kappa shape index (κ3) is 1.97. The zero-order valence-electron chi connectivity index (χ0n) is 9.79. The van der Waals surface area contributed by atoms with E-state index in [0.29, 0.717) is 11.2 Å². The van der Waals surface area contributed by atoms with Crippen LogP contribution in [0.25, 0.3) is 10.2 Å². The van der Waals surface area contributed by atoms with Gasteiger partial charge in [-0.15, -0.1) is 22.7 Å². The summed E-state index contributed by atoms with van der Waals surface area (Å²) < 4.78 is 2.33. The van der Waals surface area contributed by atoms with Gasteiger partial charge >= 0.3 is 0 Å². The Morgan fingerprint density at radius 1 is 1.39 bits per heavy atom. The molecule has 6 heteroatoms. The molecule has 3 heterocycles. The molecule has 3 aromatic heterocycles. The van der Waals surface area contributed by atoms with Gasteiger partial charge in [0.1, 0.15) is 4.70 Å². The Morgan fingerprint density at radius 2 is 2.28 bits per heavy atom. The fourth-order valence-electron chi connectivity index (χ4n) is 1.75. The van der Waals surface area contributed by atoms with Crippen molar-refractivity contribution in [2.45, 2.75) is 19.9 Å². The highest BCUT2D eigenvalue weighted by Gasteiger charge is 2.07. The van der Waals surface area contributed by atoms with Gasteiger partial charge in [0.05, 0.1) is 29.1 Å². The van der Waals surface area contributed by atoms with Crippen molar-refractivity contribution in [3.05, 3.63) is 44.2 Å². The van der Waals surface area contributed by atoms with Crippen LogP contribution in [0, 0.1) is 0 Å². The zero-order chi connectivity index (χ0) is 12.5. The van der Waals surface area contributed by atoms with E-state index in [2.05, 4.69) is 16.9 Å². The molecule has 0 saturated heterocycles. The Morgan fingerprint density at radius 3 is 3.06 bits per heavy atom. The van der Waals surface area contributed by atoms with E-state index < -0.39 is 0 Å². The van der Waals surface area contributed by atoms with Crippen LogP contribution in [0.5, 0.6) is 0 Å². The van der Waals surface area contributed by atoms with Crippen LogP contribution in [0.4, 0.5) is 0 Å². The molecule has 0 N–H and O–H groups in total. The van der Waals surface area contributed by atoms with Crippen LogP contribution in [0.1, 0.15) is 17.6 Å². The zero-order valence-corrected chi connectivity index (χ0v) is 11.4. The summed E-state index contributed by atoms with van der Waals surface area (Å²) in [7, 11) is 0. The maximum Gasteiger partial charge on any atom is 0.271 e. The van der Waals surface area contributed by atoms with E-state index >= 15 is 0 Å². The van der Waals surface area contributed by atoms with Crippen molar-refractivity contribution in [2.75, 3.05) is 0 Å². The molecule has 4 nitrogen and oxygen atoms in total. The average Bonchev–Trinajstić information content (AvgIpc) is 3.01. The number of aromatic nitrogens is 3. The molecule has 18 heavy (non-hydrogen) atoms. The molecule has 0 unspecified atom stereocenters. The van der Waals surface area contributed by atoms with E-state index in [0.717, 1.165) is 22.6 Å². The van der Waals surface area contributed by atoms with Crippen molar-refractivity contribution < 1.29 is 0 Å². The quantitative estimate of drug-likeness (QED) is 0.739. The number of aryl methyl sites for hydroxylation is 1. The Balaban J connectivity index is 1.99. The lowest BCUT2D eigenvalue weighted by atomic mass is 10.4. The first-order valence-corrected chi connectivity index (χ1v) is 7.40. The molecule has 3 rings (SSSR count). The van der Waals surface area contributed by atoms with E-state index in [1.807, 2.05) is 16.8 Å². The van der Waals surface area contributed by atoms with Crippen LogP contribution >= 0.6 is 22.7 Å². The first-order valence-electron chi connectivity index (χ1n) is 5.64. The van der Waals surface area contributed by atoms with E-state index in [4.69, 9.17) is 0 Å². The lowest BCUT2D eigenvalue weighted by Gasteiger charge is -2.02. The fourth-order valence-corrected chi connectivity index (χ4v) is 3.28. The normalized spacial score (nSPS) is 11.2. The van der Waals surface area contributed by atoms with Gasteiger partial charge in [-0.25, -0.2) is 9.97 Å². The number of hydrogen-bond acceptors (Lipinski definition) is 5. The van der Waals surface area contributed by atoms with Crippen molar-refractivity contribution >= 4 is 32.9 Å². The van der Waals surface area contributed by atoms with E-state index in [1.54, 1.807) is 22.2 Å². The number of thiophene rings is 1. The molecule has 0 aliphatic rings. The van der Waals surface area contributed by atoms with Gasteiger partial charge in [-0.05, 0) is 17.9 Å². The molecule has 0 radical (unpaired) electrons. The first-order chi connectivity index (χ1) is 8.78. The largest absolute Gasteiger partial charge is 0.292 e. The minimum Gasteiger partial charge on any atom is -0.292 e. The van der Waals surface area contributed by atoms with Crippen LogP contribution in [0.15, 0.2) is 27.9 Å². The van der Waals surface area contributed by atoms with Crippen LogP contribution in [-0.4, -0.2) is 14.5 Å². The average molecular weight is 277 g/mol. The molecule has 0 aliphatic carbocycles. The first kappa shape index (κ1) is 11.6. The van der Waals surface area contributed by atoms with Crippen LogP contribution in [-0.2, 0) is 13.0 Å². The van der Waals surface area contributed by atoms with Crippen molar-refractivity contribution in [3.8, 4) is 0 Å². The Bertz CT molecular complexity index is 741. The fraction of sp³-hybridized carbons (Fsp3) is 0.250. The van der Waals surface area contributed by atoms with Gasteiger partial charge in [-0.1, -0.05) is 6.92 Å².